The summed E-state index contributed by atoms with van der Waals surface area (Å²) in [5, 5.41) is 0. The van der Waals surface area contributed by atoms with Gasteiger partial charge in [0.15, 0.2) is 11.5 Å². The quantitative estimate of drug-likeness (QED) is 0.752. The van der Waals surface area contributed by atoms with E-state index in [1.54, 1.807) is 14.2 Å². The fourth-order valence-corrected chi connectivity index (χ4v) is 2.67. The second kappa shape index (κ2) is 7.31. The fraction of sp³-hybridized carbons (Fsp3) is 0.562. The summed E-state index contributed by atoms with van der Waals surface area (Å²) in [5.74, 6) is 1.39. The minimum absolute atomic E-state index is 0.00472. The summed E-state index contributed by atoms with van der Waals surface area (Å²) in [4.78, 5) is 14.0. The Morgan fingerprint density at radius 3 is 2.71 bits per heavy atom. The van der Waals surface area contributed by atoms with E-state index < -0.39 is 0 Å². The van der Waals surface area contributed by atoms with Gasteiger partial charge < -0.3 is 14.2 Å². The number of rotatable bonds is 6. The molecule has 116 valence electrons. The zero-order chi connectivity index (χ0) is 15.2. The lowest BCUT2D eigenvalue weighted by Gasteiger charge is -2.17. The minimum atomic E-state index is -0.0766. The van der Waals surface area contributed by atoms with Crippen LogP contribution in [0.15, 0.2) is 18.2 Å². The van der Waals surface area contributed by atoms with Crippen LogP contribution in [0.25, 0.3) is 0 Å². The first-order valence-corrected chi connectivity index (χ1v) is 7.27. The Balaban J connectivity index is 1.95. The number of methoxy groups -OCH3 is 2. The number of ether oxygens (including phenoxy) is 3. The van der Waals surface area contributed by atoms with Crippen LogP contribution in [0, 0.1) is 5.92 Å². The third kappa shape index (κ3) is 3.88. The first-order valence-electron chi connectivity index (χ1n) is 7.27. The van der Waals surface area contributed by atoms with Crippen LogP contribution in [0.5, 0.6) is 11.5 Å². The van der Waals surface area contributed by atoms with Crippen molar-refractivity contribution >= 4 is 5.97 Å². The van der Waals surface area contributed by atoms with E-state index in [2.05, 4.69) is 4.90 Å². The van der Waals surface area contributed by atoms with Gasteiger partial charge in [-0.05, 0) is 37.6 Å². The van der Waals surface area contributed by atoms with Gasteiger partial charge in [-0.3, -0.25) is 9.69 Å². The highest BCUT2D eigenvalue weighted by atomic mass is 16.5. The van der Waals surface area contributed by atoms with Crippen LogP contribution in [-0.4, -0.2) is 44.8 Å². The third-order valence-corrected chi connectivity index (χ3v) is 3.75. The van der Waals surface area contributed by atoms with Gasteiger partial charge in [0.2, 0.25) is 0 Å². The lowest BCUT2D eigenvalue weighted by atomic mass is 10.1. The monoisotopic (exact) mass is 293 g/mol. The fourth-order valence-electron chi connectivity index (χ4n) is 2.67. The Morgan fingerprint density at radius 2 is 2.05 bits per heavy atom. The number of esters is 1. The van der Waals surface area contributed by atoms with Gasteiger partial charge in [0, 0.05) is 13.1 Å². The smallest absolute Gasteiger partial charge is 0.310 e. The third-order valence-electron chi connectivity index (χ3n) is 3.75. The van der Waals surface area contributed by atoms with Crippen molar-refractivity contribution in [2.75, 3.05) is 33.9 Å². The molecular formula is C16H23NO4. The Bertz CT molecular complexity index is 489. The van der Waals surface area contributed by atoms with Crippen LogP contribution < -0.4 is 9.47 Å². The van der Waals surface area contributed by atoms with Crippen LogP contribution in [0.1, 0.15) is 18.9 Å². The number of nitrogens with zero attached hydrogens (tertiary/aromatic N) is 1. The van der Waals surface area contributed by atoms with Crippen LogP contribution >= 0.6 is 0 Å². The molecule has 0 bridgehead atoms. The maximum Gasteiger partial charge on any atom is 0.310 e. The first kappa shape index (κ1) is 15.6. The molecule has 21 heavy (non-hydrogen) atoms. The van der Waals surface area contributed by atoms with Crippen molar-refractivity contribution in [3.05, 3.63) is 23.8 Å². The summed E-state index contributed by atoms with van der Waals surface area (Å²) in [6.07, 6.45) is 0.867. The zero-order valence-corrected chi connectivity index (χ0v) is 12.9. The average molecular weight is 293 g/mol. The van der Waals surface area contributed by atoms with E-state index in [0.717, 1.165) is 43.1 Å². The Labute approximate surface area is 125 Å². The van der Waals surface area contributed by atoms with E-state index in [9.17, 15) is 4.79 Å². The van der Waals surface area contributed by atoms with Gasteiger partial charge in [0.25, 0.3) is 0 Å². The van der Waals surface area contributed by atoms with E-state index in [0.29, 0.717) is 6.61 Å². The Hall–Kier alpha value is -1.75. The highest BCUT2D eigenvalue weighted by Crippen LogP contribution is 2.29. The minimum Gasteiger partial charge on any atom is -0.493 e. The number of likely N-dealkylation sites (tertiary alicyclic amines) is 1. The summed E-state index contributed by atoms with van der Waals surface area (Å²) in [6, 6.07) is 5.92. The number of carbonyl (C=O) groups is 1. The lowest BCUT2D eigenvalue weighted by Crippen LogP contribution is -2.24. The van der Waals surface area contributed by atoms with Crippen molar-refractivity contribution in [1.82, 2.24) is 4.90 Å². The van der Waals surface area contributed by atoms with Gasteiger partial charge in [0.05, 0.1) is 26.7 Å². The van der Waals surface area contributed by atoms with Gasteiger partial charge in [-0.15, -0.1) is 0 Å². The number of carbonyl (C=O) groups excluding carboxylic acids is 1. The number of benzene rings is 1. The summed E-state index contributed by atoms with van der Waals surface area (Å²) in [5.41, 5.74) is 1.15. The van der Waals surface area contributed by atoms with Gasteiger partial charge in [-0.2, -0.15) is 0 Å². The highest BCUT2D eigenvalue weighted by molar-refractivity contribution is 5.73. The predicted molar refractivity (Wildman–Crippen MR) is 79.6 cm³/mol. The molecular weight excluding hydrogens is 270 g/mol. The molecule has 0 aromatic heterocycles. The van der Waals surface area contributed by atoms with Crippen molar-refractivity contribution in [2.24, 2.45) is 5.92 Å². The van der Waals surface area contributed by atoms with E-state index >= 15 is 0 Å². The number of hydrogen-bond acceptors (Lipinski definition) is 5. The molecule has 5 heteroatoms. The zero-order valence-electron chi connectivity index (χ0n) is 12.9. The molecule has 1 fully saturated rings. The number of hydrogen-bond donors (Lipinski definition) is 0. The average Bonchev–Trinajstić information content (AvgIpc) is 2.96. The molecule has 0 spiro atoms. The molecule has 1 aliphatic heterocycles. The predicted octanol–water partition coefficient (Wildman–Crippen LogP) is 2.09. The summed E-state index contributed by atoms with van der Waals surface area (Å²) in [6.45, 7) is 4.76. The van der Waals surface area contributed by atoms with E-state index in [4.69, 9.17) is 14.2 Å². The van der Waals surface area contributed by atoms with Crippen LogP contribution in [0.2, 0.25) is 0 Å². The van der Waals surface area contributed by atoms with Crippen molar-refractivity contribution in [3.63, 3.8) is 0 Å². The largest absolute Gasteiger partial charge is 0.493 e. The van der Waals surface area contributed by atoms with Crippen molar-refractivity contribution in [1.29, 1.82) is 0 Å². The highest BCUT2D eigenvalue weighted by Gasteiger charge is 2.29. The second-order valence-electron chi connectivity index (χ2n) is 5.16. The SMILES string of the molecule is CCOC(=O)C1CCN(Cc2ccc(OC)c(OC)c2)C1. The van der Waals surface area contributed by atoms with Crippen LogP contribution in [-0.2, 0) is 16.1 Å². The molecule has 0 N–H and O–H groups in total. The molecule has 1 atom stereocenters. The standard InChI is InChI=1S/C16H23NO4/c1-4-21-16(18)13-7-8-17(11-13)10-12-5-6-14(19-2)15(9-12)20-3/h5-6,9,13H,4,7-8,10-11H2,1-3H3. The lowest BCUT2D eigenvalue weighted by molar-refractivity contribution is -0.147. The molecule has 0 amide bonds. The summed E-state index contributed by atoms with van der Waals surface area (Å²) in [7, 11) is 3.26. The molecule has 5 nitrogen and oxygen atoms in total. The van der Waals surface area contributed by atoms with Gasteiger partial charge in [-0.25, -0.2) is 0 Å². The topological polar surface area (TPSA) is 48.0 Å². The Morgan fingerprint density at radius 1 is 1.29 bits per heavy atom. The summed E-state index contributed by atoms with van der Waals surface area (Å²) >= 11 is 0. The second-order valence-corrected chi connectivity index (χ2v) is 5.16. The van der Waals surface area contributed by atoms with Gasteiger partial charge in [-0.1, -0.05) is 6.07 Å². The van der Waals surface area contributed by atoms with E-state index in [1.807, 2.05) is 25.1 Å². The molecule has 0 aliphatic carbocycles. The molecule has 1 aliphatic rings. The van der Waals surface area contributed by atoms with Crippen molar-refractivity contribution in [2.45, 2.75) is 19.9 Å². The Kier molecular flexibility index (Phi) is 5.44. The molecule has 1 heterocycles. The van der Waals surface area contributed by atoms with E-state index in [-0.39, 0.29) is 11.9 Å². The van der Waals surface area contributed by atoms with Crippen LogP contribution in [0.3, 0.4) is 0 Å². The summed E-state index contributed by atoms with van der Waals surface area (Å²) < 4.78 is 15.6. The maximum atomic E-state index is 11.7. The molecule has 1 aromatic rings. The maximum absolute atomic E-state index is 11.7. The van der Waals surface area contributed by atoms with Gasteiger partial charge in [0.1, 0.15) is 0 Å². The van der Waals surface area contributed by atoms with Crippen molar-refractivity contribution in [3.8, 4) is 11.5 Å². The van der Waals surface area contributed by atoms with Crippen LogP contribution in [0.4, 0.5) is 0 Å². The van der Waals surface area contributed by atoms with E-state index in [1.165, 1.54) is 0 Å². The first-order chi connectivity index (χ1) is 10.2. The molecule has 2 rings (SSSR count). The van der Waals surface area contributed by atoms with Gasteiger partial charge >= 0.3 is 5.97 Å². The van der Waals surface area contributed by atoms with Crippen molar-refractivity contribution < 1.29 is 19.0 Å². The molecule has 0 radical (unpaired) electrons. The molecule has 0 saturated carbocycles. The molecule has 1 unspecified atom stereocenters. The normalized spacial score (nSPS) is 18.5. The molecule has 1 saturated heterocycles. The molecule has 1 aromatic carbocycles.